The van der Waals surface area contributed by atoms with E-state index in [0.717, 1.165) is 25.7 Å². The van der Waals surface area contributed by atoms with Crippen LogP contribution in [0.3, 0.4) is 0 Å². The second-order valence-electron chi connectivity index (χ2n) is 5.12. The summed E-state index contributed by atoms with van der Waals surface area (Å²) in [5.41, 5.74) is 6.23. The minimum absolute atomic E-state index is 0.105. The molecular formula is C13H20N4O2. The van der Waals surface area contributed by atoms with Gasteiger partial charge in [-0.05, 0) is 31.7 Å². The van der Waals surface area contributed by atoms with Gasteiger partial charge in [0.05, 0.1) is 0 Å². The van der Waals surface area contributed by atoms with Crippen LogP contribution in [-0.4, -0.2) is 47.2 Å². The van der Waals surface area contributed by atoms with E-state index in [1.807, 2.05) is 0 Å². The Morgan fingerprint density at radius 1 is 1.37 bits per heavy atom. The smallest absolute Gasteiger partial charge is 0.273 e. The number of nitrogens with two attached hydrogens (primary N) is 1. The van der Waals surface area contributed by atoms with Gasteiger partial charge in [-0.2, -0.15) is 0 Å². The number of aromatic nitrogens is 2. The number of hydrogen-bond acceptors (Lipinski definition) is 5. The summed E-state index contributed by atoms with van der Waals surface area (Å²) >= 11 is 0. The molecule has 1 fully saturated rings. The lowest BCUT2D eigenvalue weighted by Crippen LogP contribution is -2.34. The highest BCUT2D eigenvalue weighted by Crippen LogP contribution is 2.21. The fourth-order valence-electron chi connectivity index (χ4n) is 2.18. The van der Waals surface area contributed by atoms with Crippen molar-refractivity contribution in [2.24, 2.45) is 5.73 Å². The summed E-state index contributed by atoms with van der Waals surface area (Å²) in [4.78, 5) is 13.1. The zero-order chi connectivity index (χ0) is 13.8. The van der Waals surface area contributed by atoms with Crippen molar-refractivity contribution >= 4 is 5.91 Å². The first-order valence-corrected chi connectivity index (χ1v) is 6.54. The maximum Gasteiger partial charge on any atom is 0.273 e. The summed E-state index contributed by atoms with van der Waals surface area (Å²) in [6.45, 7) is 0. The van der Waals surface area contributed by atoms with Gasteiger partial charge in [0.2, 0.25) is 5.88 Å². The van der Waals surface area contributed by atoms with E-state index in [1.165, 1.54) is 4.90 Å². The van der Waals surface area contributed by atoms with Gasteiger partial charge in [-0.15, -0.1) is 10.2 Å². The Kier molecular flexibility index (Phi) is 4.31. The third-order valence-corrected chi connectivity index (χ3v) is 3.22. The van der Waals surface area contributed by atoms with Crippen molar-refractivity contribution in [3.8, 4) is 5.88 Å². The molecule has 6 heteroatoms. The number of amides is 1. The second-order valence-corrected chi connectivity index (χ2v) is 5.12. The number of ether oxygens (including phenoxy) is 1. The topological polar surface area (TPSA) is 81.3 Å². The van der Waals surface area contributed by atoms with E-state index >= 15 is 0 Å². The lowest BCUT2D eigenvalue weighted by atomic mass is 9.94. The van der Waals surface area contributed by atoms with E-state index in [9.17, 15) is 4.79 Å². The molecule has 1 aromatic rings. The van der Waals surface area contributed by atoms with Crippen LogP contribution in [0.1, 0.15) is 36.2 Å². The second kappa shape index (κ2) is 5.97. The fourth-order valence-corrected chi connectivity index (χ4v) is 2.18. The zero-order valence-electron chi connectivity index (χ0n) is 11.4. The van der Waals surface area contributed by atoms with Crippen molar-refractivity contribution in [2.45, 2.75) is 37.8 Å². The quantitative estimate of drug-likeness (QED) is 0.874. The van der Waals surface area contributed by atoms with Gasteiger partial charge in [0.15, 0.2) is 5.69 Å². The Labute approximate surface area is 112 Å². The highest BCUT2D eigenvalue weighted by atomic mass is 16.5. The molecule has 0 spiro atoms. The maximum atomic E-state index is 11.7. The minimum atomic E-state index is -0.168. The highest BCUT2D eigenvalue weighted by molar-refractivity contribution is 5.91. The van der Waals surface area contributed by atoms with Crippen LogP contribution in [0.2, 0.25) is 0 Å². The van der Waals surface area contributed by atoms with Crippen LogP contribution in [0.4, 0.5) is 0 Å². The molecule has 2 unspecified atom stereocenters. The van der Waals surface area contributed by atoms with Crippen molar-refractivity contribution in [3.63, 3.8) is 0 Å². The van der Waals surface area contributed by atoms with Crippen molar-refractivity contribution in [1.82, 2.24) is 15.1 Å². The first kappa shape index (κ1) is 13.7. The van der Waals surface area contributed by atoms with Gasteiger partial charge in [-0.3, -0.25) is 4.79 Å². The van der Waals surface area contributed by atoms with Crippen LogP contribution in [0.15, 0.2) is 12.1 Å². The predicted molar refractivity (Wildman–Crippen MR) is 70.9 cm³/mol. The summed E-state index contributed by atoms with van der Waals surface area (Å²) in [6.07, 6.45) is 4.08. The lowest BCUT2D eigenvalue weighted by Gasteiger charge is -2.26. The SMILES string of the molecule is CN(C)C(=O)c1ccc(OC2CCCC(N)C2)nn1. The van der Waals surface area contributed by atoms with Gasteiger partial charge < -0.3 is 15.4 Å². The lowest BCUT2D eigenvalue weighted by molar-refractivity contribution is 0.0820. The van der Waals surface area contributed by atoms with Gasteiger partial charge in [0.25, 0.3) is 5.91 Å². The van der Waals surface area contributed by atoms with E-state index in [4.69, 9.17) is 10.5 Å². The number of carbonyl (C=O) groups is 1. The number of carbonyl (C=O) groups excluding carboxylic acids is 1. The molecular weight excluding hydrogens is 244 g/mol. The molecule has 1 amide bonds. The van der Waals surface area contributed by atoms with Crippen LogP contribution >= 0.6 is 0 Å². The van der Waals surface area contributed by atoms with Crippen LogP contribution in [-0.2, 0) is 0 Å². The Balaban J connectivity index is 1.97. The number of rotatable bonds is 3. The van der Waals surface area contributed by atoms with Gasteiger partial charge >= 0.3 is 0 Å². The first-order valence-electron chi connectivity index (χ1n) is 6.54. The average molecular weight is 264 g/mol. The molecule has 104 valence electrons. The van der Waals surface area contributed by atoms with Crippen molar-refractivity contribution in [3.05, 3.63) is 17.8 Å². The predicted octanol–water partition coefficient (Wildman–Crippen LogP) is 0.827. The average Bonchev–Trinajstić information content (AvgIpc) is 2.39. The monoisotopic (exact) mass is 264 g/mol. The van der Waals surface area contributed by atoms with Crippen LogP contribution in [0.25, 0.3) is 0 Å². The molecule has 0 aliphatic heterocycles. The fraction of sp³-hybridized carbons (Fsp3) is 0.615. The molecule has 2 rings (SSSR count). The molecule has 0 aromatic carbocycles. The van der Waals surface area contributed by atoms with Crippen LogP contribution in [0, 0.1) is 0 Å². The van der Waals surface area contributed by atoms with Gasteiger partial charge in [0, 0.05) is 26.2 Å². The van der Waals surface area contributed by atoms with Crippen molar-refractivity contribution < 1.29 is 9.53 Å². The van der Waals surface area contributed by atoms with E-state index in [-0.39, 0.29) is 18.1 Å². The summed E-state index contributed by atoms with van der Waals surface area (Å²) in [6, 6.07) is 3.53. The van der Waals surface area contributed by atoms with E-state index in [0.29, 0.717) is 11.6 Å². The molecule has 2 atom stereocenters. The Bertz CT molecular complexity index is 433. The first-order chi connectivity index (χ1) is 9.06. The standard InChI is InChI=1S/C13H20N4O2/c1-17(2)13(18)11-6-7-12(16-15-11)19-10-5-3-4-9(14)8-10/h6-7,9-10H,3-5,8,14H2,1-2H3. The molecule has 1 aliphatic carbocycles. The minimum Gasteiger partial charge on any atom is -0.473 e. The van der Waals surface area contributed by atoms with E-state index in [1.54, 1.807) is 26.2 Å². The highest BCUT2D eigenvalue weighted by Gasteiger charge is 2.21. The largest absolute Gasteiger partial charge is 0.473 e. The molecule has 1 saturated carbocycles. The third-order valence-electron chi connectivity index (χ3n) is 3.22. The molecule has 1 aromatic heterocycles. The normalized spacial score (nSPS) is 22.9. The Morgan fingerprint density at radius 3 is 2.74 bits per heavy atom. The summed E-state index contributed by atoms with van der Waals surface area (Å²) in [5, 5.41) is 7.83. The van der Waals surface area contributed by atoms with Gasteiger partial charge in [0.1, 0.15) is 6.10 Å². The van der Waals surface area contributed by atoms with Gasteiger partial charge in [-0.25, -0.2) is 0 Å². The molecule has 0 saturated heterocycles. The number of hydrogen-bond donors (Lipinski definition) is 1. The van der Waals surface area contributed by atoms with Gasteiger partial charge in [-0.1, -0.05) is 0 Å². The molecule has 0 radical (unpaired) electrons. The van der Waals surface area contributed by atoms with Crippen molar-refractivity contribution in [1.29, 1.82) is 0 Å². The van der Waals surface area contributed by atoms with E-state index < -0.39 is 0 Å². The summed E-state index contributed by atoms with van der Waals surface area (Å²) in [7, 11) is 3.36. The van der Waals surface area contributed by atoms with Crippen LogP contribution in [0.5, 0.6) is 5.88 Å². The molecule has 0 bridgehead atoms. The molecule has 1 aliphatic rings. The summed E-state index contributed by atoms with van der Waals surface area (Å²) < 4.78 is 5.74. The Hall–Kier alpha value is -1.69. The van der Waals surface area contributed by atoms with E-state index in [2.05, 4.69) is 10.2 Å². The molecule has 2 N–H and O–H groups in total. The van der Waals surface area contributed by atoms with Crippen LogP contribution < -0.4 is 10.5 Å². The number of nitrogens with zero attached hydrogens (tertiary/aromatic N) is 3. The summed E-state index contributed by atoms with van der Waals surface area (Å²) in [5.74, 6) is 0.285. The zero-order valence-corrected chi connectivity index (χ0v) is 11.4. The third kappa shape index (κ3) is 3.64. The van der Waals surface area contributed by atoms with Crippen molar-refractivity contribution in [2.75, 3.05) is 14.1 Å². The molecule has 6 nitrogen and oxygen atoms in total. The molecule has 1 heterocycles. The maximum absolute atomic E-state index is 11.7. The molecule has 19 heavy (non-hydrogen) atoms. The Morgan fingerprint density at radius 2 is 2.16 bits per heavy atom.